The predicted molar refractivity (Wildman–Crippen MR) is 117 cm³/mol. The average molecular weight is 395 g/mol. The molecule has 0 aliphatic heterocycles. The summed E-state index contributed by atoms with van der Waals surface area (Å²) < 4.78 is 17.4. The summed E-state index contributed by atoms with van der Waals surface area (Å²) in [6.07, 6.45) is 0.747. The van der Waals surface area contributed by atoms with Crippen molar-refractivity contribution in [2.75, 3.05) is 13.2 Å². The predicted octanol–water partition coefficient (Wildman–Crippen LogP) is 5.67. The Labute approximate surface area is 173 Å². The lowest BCUT2D eigenvalue weighted by Crippen LogP contribution is -2.20. The summed E-state index contributed by atoms with van der Waals surface area (Å²) in [6.45, 7) is 6.99. The molecule has 2 atom stereocenters. The minimum absolute atomic E-state index is 0.0623. The van der Waals surface area contributed by atoms with Gasteiger partial charge in [-0.05, 0) is 59.9 Å². The van der Waals surface area contributed by atoms with Crippen molar-refractivity contribution in [2.45, 2.75) is 46.0 Å². The quantitative estimate of drug-likeness (QED) is 0.356. The molecule has 0 fully saturated rings. The van der Waals surface area contributed by atoms with E-state index >= 15 is 0 Å². The Balaban J connectivity index is 1.48. The Morgan fingerprint density at radius 2 is 1.59 bits per heavy atom. The van der Waals surface area contributed by atoms with Crippen molar-refractivity contribution in [1.29, 1.82) is 0 Å². The van der Waals surface area contributed by atoms with E-state index in [-0.39, 0.29) is 12.9 Å². The zero-order valence-electron chi connectivity index (χ0n) is 17.4. The third-order valence-corrected chi connectivity index (χ3v) is 5.16. The van der Waals surface area contributed by atoms with Crippen LogP contribution in [0, 0.1) is 0 Å². The number of aliphatic hydroxyl groups is 1. The van der Waals surface area contributed by atoms with Crippen LogP contribution in [0.5, 0.6) is 11.5 Å². The third kappa shape index (κ3) is 5.72. The fourth-order valence-corrected chi connectivity index (χ4v) is 3.23. The molecule has 29 heavy (non-hydrogen) atoms. The molecule has 0 saturated carbocycles. The van der Waals surface area contributed by atoms with Crippen LogP contribution in [-0.2, 0) is 11.3 Å². The summed E-state index contributed by atoms with van der Waals surface area (Å²) >= 11 is 0. The molecule has 3 aromatic carbocycles. The molecule has 0 heterocycles. The molecular weight excluding hydrogens is 364 g/mol. The first-order valence-corrected chi connectivity index (χ1v) is 10.2. The van der Waals surface area contributed by atoms with Gasteiger partial charge >= 0.3 is 0 Å². The second-order valence-corrected chi connectivity index (χ2v) is 7.25. The molecule has 2 unspecified atom stereocenters. The first kappa shape index (κ1) is 21.2. The van der Waals surface area contributed by atoms with Crippen LogP contribution in [0.4, 0.5) is 0 Å². The number of fused-ring (bicyclic) bond motifs is 1. The standard InChI is InChI=1S/C25H30O4/c1-4-18(2)20-9-11-24(12-10-20)29-19(3)27-13-14-28-25-16-22-8-6-5-7-21(22)15-23(25)17-26/h5-12,15-16,18-19,26H,4,13-14,17H2,1-3H3. The highest BCUT2D eigenvalue weighted by atomic mass is 16.7. The van der Waals surface area contributed by atoms with Crippen molar-refractivity contribution in [3.05, 3.63) is 71.8 Å². The SMILES string of the molecule is CCC(C)c1ccc(OC(C)OCCOc2cc3ccccc3cc2CO)cc1. The number of rotatable bonds is 10. The van der Waals surface area contributed by atoms with Gasteiger partial charge in [-0.3, -0.25) is 0 Å². The van der Waals surface area contributed by atoms with Gasteiger partial charge in [-0.25, -0.2) is 0 Å². The van der Waals surface area contributed by atoms with Gasteiger partial charge < -0.3 is 19.3 Å². The van der Waals surface area contributed by atoms with Crippen molar-refractivity contribution in [1.82, 2.24) is 0 Å². The molecule has 4 nitrogen and oxygen atoms in total. The Morgan fingerprint density at radius 3 is 2.24 bits per heavy atom. The Hall–Kier alpha value is -2.56. The van der Waals surface area contributed by atoms with E-state index in [1.807, 2.05) is 55.5 Å². The molecule has 0 aliphatic carbocycles. The second-order valence-electron chi connectivity index (χ2n) is 7.25. The van der Waals surface area contributed by atoms with Gasteiger partial charge in [0.25, 0.3) is 0 Å². The molecule has 0 aromatic heterocycles. The third-order valence-electron chi connectivity index (χ3n) is 5.16. The summed E-state index contributed by atoms with van der Waals surface area (Å²) in [7, 11) is 0. The molecule has 3 rings (SSSR count). The van der Waals surface area contributed by atoms with Gasteiger partial charge in [0.05, 0.1) is 13.2 Å². The molecule has 4 heteroatoms. The summed E-state index contributed by atoms with van der Waals surface area (Å²) in [6, 6.07) is 20.1. The Bertz CT molecular complexity index is 904. The maximum absolute atomic E-state index is 9.63. The van der Waals surface area contributed by atoms with E-state index in [1.54, 1.807) is 0 Å². The normalized spacial score (nSPS) is 13.2. The number of hydrogen-bond donors (Lipinski definition) is 1. The topological polar surface area (TPSA) is 47.9 Å². The zero-order chi connectivity index (χ0) is 20.6. The van der Waals surface area contributed by atoms with Crippen molar-refractivity contribution in [3.8, 4) is 11.5 Å². The molecule has 3 aromatic rings. The summed E-state index contributed by atoms with van der Waals surface area (Å²) in [5.41, 5.74) is 2.09. The highest BCUT2D eigenvalue weighted by Crippen LogP contribution is 2.26. The van der Waals surface area contributed by atoms with Gasteiger partial charge in [0, 0.05) is 5.56 Å². The van der Waals surface area contributed by atoms with Crippen LogP contribution in [0.25, 0.3) is 10.8 Å². The fourth-order valence-electron chi connectivity index (χ4n) is 3.23. The van der Waals surface area contributed by atoms with Crippen LogP contribution in [0.15, 0.2) is 60.7 Å². The van der Waals surface area contributed by atoms with Crippen molar-refractivity contribution in [3.63, 3.8) is 0 Å². The molecule has 0 amide bonds. The first-order chi connectivity index (χ1) is 14.1. The van der Waals surface area contributed by atoms with Crippen molar-refractivity contribution >= 4 is 10.8 Å². The summed E-state index contributed by atoms with van der Waals surface area (Å²) in [4.78, 5) is 0. The maximum atomic E-state index is 9.63. The highest BCUT2D eigenvalue weighted by Gasteiger charge is 2.08. The van der Waals surface area contributed by atoms with Crippen LogP contribution >= 0.6 is 0 Å². The van der Waals surface area contributed by atoms with Crippen LogP contribution in [0.3, 0.4) is 0 Å². The van der Waals surface area contributed by atoms with Gasteiger partial charge in [0.1, 0.15) is 18.1 Å². The Morgan fingerprint density at radius 1 is 0.897 bits per heavy atom. The second kappa shape index (κ2) is 10.3. The molecule has 0 radical (unpaired) electrons. The highest BCUT2D eigenvalue weighted by molar-refractivity contribution is 5.84. The minimum atomic E-state index is -0.373. The van der Waals surface area contributed by atoms with E-state index in [0.717, 1.165) is 28.5 Å². The van der Waals surface area contributed by atoms with Gasteiger partial charge in [-0.15, -0.1) is 0 Å². The van der Waals surface area contributed by atoms with E-state index < -0.39 is 0 Å². The van der Waals surface area contributed by atoms with Gasteiger partial charge in [-0.2, -0.15) is 0 Å². The van der Waals surface area contributed by atoms with E-state index in [4.69, 9.17) is 14.2 Å². The van der Waals surface area contributed by atoms with E-state index in [0.29, 0.717) is 24.9 Å². The zero-order valence-corrected chi connectivity index (χ0v) is 17.4. The van der Waals surface area contributed by atoms with Gasteiger partial charge in [0.2, 0.25) is 0 Å². The molecular formula is C25H30O4. The molecule has 0 saturated heterocycles. The van der Waals surface area contributed by atoms with Crippen molar-refractivity contribution < 1.29 is 19.3 Å². The summed E-state index contributed by atoms with van der Waals surface area (Å²) in [5.74, 6) is 2.03. The van der Waals surface area contributed by atoms with E-state index in [1.165, 1.54) is 5.56 Å². The lowest BCUT2D eigenvalue weighted by atomic mass is 9.99. The number of hydrogen-bond acceptors (Lipinski definition) is 4. The van der Waals surface area contributed by atoms with E-state index in [9.17, 15) is 5.11 Å². The lowest BCUT2D eigenvalue weighted by Gasteiger charge is -2.17. The maximum Gasteiger partial charge on any atom is 0.197 e. The molecule has 0 spiro atoms. The average Bonchev–Trinajstić information content (AvgIpc) is 2.76. The smallest absolute Gasteiger partial charge is 0.197 e. The minimum Gasteiger partial charge on any atom is -0.491 e. The Kier molecular flexibility index (Phi) is 7.50. The van der Waals surface area contributed by atoms with Crippen LogP contribution in [0.1, 0.15) is 44.2 Å². The van der Waals surface area contributed by atoms with Gasteiger partial charge in [-0.1, -0.05) is 50.2 Å². The fraction of sp³-hybridized carbons (Fsp3) is 0.360. The summed E-state index contributed by atoms with van der Waals surface area (Å²) in [5, 5.41) is 11.8. The lowest BCUT2D eigenvalue weighted by molar-refractivity contribution is -0.0740. The molecule has 1 N–H and O–H groups in total. The largest absolute Gasteiger partial charge is 0.491 e. The monoisotopic (exact) mass is 394 g/mol. The number of benzene rings is 3. The number of aliphatic hydroxyl groups excluding tert-OH is 1. The molecule has 154 valence electrons. The van der Waals surface area contributed by atoms with Crippen molar-refractivity contribution in [2.24, 2.45) is 0 Å². The van der Waals surface area contributed by atoms with Gasteiger partial charge in [0.15, 0.2) is 6.29 Å². The van der Waals surface area contributed by atoms with Crippen LogP contribution < -0.4 is 9.47 Å². The molecule has 0 aliphatic rings. The van der Waals surface area contributed by atoms with Crippen LogP contribution in [-0.4, -0.2) is 24.6 Å². The molecule has 0 bridgehead atoms. The number of ether oxygens (including phenoxy) is 3. The van der Waals surface area contributed by atoms with Crippen LogP contribution in [0.2, 0.25) is 0 Å². The van der Waals surface area contributed by atoms with E-state index in [2.05, 4.69) is 26.0 Å². The first-order valence-electron chi connectivity index (χ1n) is 10.2.